The number of nitrogens with zero attached hydrogens (tertiary/aromatic N) is 2. The number of ketones is 1. The summed E-state index contributed by atoms with van der Waals surface area (Å²) in [5, 5.41) is 14.3. The van der Waals surface area contributed by atoms with Gasteiger partial charge in [-0.2, -0.15) is 0 Å². The first-order chi connectivity index (χ1) is 22.4. The molecule has 0 saturated heterocycles. The predicted molar refractivity (Wildman–Crippen MR) is 187 cm³/mol. The van der Waals surface area contributed by atoms with Gasteiger partial charge < -0.3 is 14.7 Å². The average Bonchev–Trinajstić information content (AvgIpc) is 3.05. The van der Waals surface area contributed by atoms with E-state index in [4.69, 9.17) is 14.8 Å². The zero-order chi connectivity index (χ0) is 31.4. The van der Waals surface area contributed by atoms with Gasteiger partial charge in [-0.1, -0.05) is 84.9 Å². The number of hydrogen-bond donors (Lipinski definition) is 1. The summed E-state index contributed by atoms with van der Waals surface area (Å²) in [5.74, 6) is 1.50. The SMILES string of the molecule is CC(=O)/C=C(/C)O.[Ir].[c-]1c(-c2ccc3ccccc3n2)cc2c3c1Oc1cc4ccccc4cc1N3c1cc3ccccc3cc1S2. The number of aliphatic hydroxyl groups excluding tert-OH is 1. The number of aliphatic hydroxyl groups is 1. The molecular weight excluding hydrogens is 781 g/mol. The van der Waals surface area contributed by atoms with E-state index in [1.165, 1.54) is 41.0 Å². The van der Waals surface area contributed by atoms with Crippen LogP contribution in [0.2, 0.25) is 0 Å². The summed E-state index contributed by atoms with van der Waals surface area (Å²) >= 11 is 1.79. The molecule has 0 saturated carbocycles. The third kappa shape index (κ3) is 5.68. The average molecular weight is 808 g/mol. The maximum atomic E-state index is 10.0. The zero-order valence-electron chi connectivity index (χ0n) is 25.4. The first-order valence-electron chi connectivity index (χ1n) is 15.0. The maximum Gasteiger partial charge on any atom is 0.155 e. The fourth-order valence-corrected chi connectivity index (χ4v) is 7.20. The summed E-state index contributed by atoms with van der Waals surface area (Å²) in [7, 11) is 0. The van der Waals surface area contributed by atoms with Gasteiger partial charge in [-0.05, 0) is 81.7 Å². The number of carbonyl (C=O) groups is 1. The van der Waals surface area contributed by atoms with Crippen molar-refractivity contribution >= 4 is 67.1 Å². The van der Waals surface area contributed by atoms with Gasteiger partial charge in [0.1, 0.15) is 5.75 Å². The van der Waals surface area contributed by atoms with Crippen molar-refractivity contribution < 1.29 is 34.7 Å². The van der Waals surface area contributed by atoms with E-state index in [9.17, 15) is 4.79 Å². The molecule has 0 spiro atoms. The largest absolute Gasteiger partial charge is 0.512 e. The van der Waals surface area contributed by atoms with Crippen LogP contribution in [0.5, 0.6) is 11.5 Å². The summed E-state index contributed by atoms with van der Waals surface area (Å²) < 4.78 is 6.65. The van der Waals surface area contributed by atoms with Gasteiger partial charge in [0, 0.05) is 36.8 Å². The second kappa shape index (κ2) is 12.3. The number of benzene rings is 6. The monoisotopic (exact) mass is 808 g/mol. The van der Waals surface area contributed by atoms with E-state index in [1.54, 1.807) is 11.8 Å². The molecule has 0 unspecified atom stereocenters. The fraction of sp³-hybridized carbons (Fsp3) is 0.0500. The van der Waals surface area contributed by atoms with Gasteiger partial charge in [0.05, 0.1) is 28.4 Å². The second-order valence-electron chi connectivity index (χ2n) is 11.4. The van der Waals surface area contributed by atoms with Crippen LogP contribution in [0.3, 0.4) is 0 Å². The number of pyridine rings is 1. The molecule has 3 heterocycles. The van der Waals surface area contributed by atoms with E-state index in [0.29, 0.717) is 0 Å². The van der Waals surface area contributed by atoms with Crippen LogP contribution in [0.25, 0.3) is 43.7 Å². The molecule has 0 bridgehead atoms. The summed E-state index contributed by atoms with van der Waals surface area (Å²) in [6, 6.07) is 44.2. The molecule has 0 atom stereocenters. The molecule has 2 aliphatic rings. The number of aromatic nitrogens is 1. The molecule has 1 N–H and O–H groups in total. The predicted octanol–water partition coefficient (Wildman–Crippen LogP) is 11.1. The molecule has 7 aromatic rings. The Kier molecular flexibility index (Phi) is 8.06. The van der Waals surface area contributed by atoms with E-state index in [2.05, 4.69) is 114 Å². The molecule has 0 fully saturated rings. The molecule has 1 radical (unpaired) electrons. The minimum absolute atomic E-state index is 0. The Balaban J connectivity index is 0.000000399. The van der Waals surface area contributed by atoms with E-state index < -0.39 is 0 Å². The van der Waals surface area contributed by atoms with Crippen molar-refractivity contribution in [2.45, 2.75) is 23.6 Å². The van der Waals surface area contributed by atoms with Crippen LogP contribution in [0, 0.1) is 6.07 Å². The fourth-order valence-electron chi connectivity index (χ4n) is 6.07. The van der Waals surface area contributed by atoms with Crippen molar-refractivity contribution in [3.8, 4) is 22.8 Å². The summed E-state index contributed by atoms with van der Waals surface area (Å²) in [5.41, 5.74) is 6.03. The van der Waals surface area contributed by atoms with Gasteiger partial charge in [-0.3, -0.25) is 9.78 Å². The molecule has 0 amide bonds. The van der Waals surface area contributed by atoms with Crippen molar-refractivity contribution in [2.75, 3.05) is 4.90 Å². The molecule has 7 heteroatoms. The van der Waals surface area contributed by atoms with E-state index in [1.807, 2.05) is 12.1 Å². The number of carbonyl (C=O) groups excluding carboxylic acids is 1. The van der Waals surface area contributed by atoms with Crippen molar-refractivity contribution in [1.29, 1.82) is 0 Å². The second-order valence-corrected chi connectivity index (χ2v) is 12.5. The number of allylic oxidation sites excluding steroid dienone is 2. The number of ether oxygens (including phenoxy) is 1. The molecule has 1 aromatic heterocycles. The van der Waals surface area contributed by atoms with E-state index in [0.717, 1.165) is 61.0 Å². The summed E-state index contributed by atoms with van der Waals surface area (Å²) in [6.07, 6.45) is 1.17. The van der Waals surface area contributed by atoms with Gasteiger partial charge in [-0.15, -0.1) is 23.4 Å². The van der Waals surface area contributed by atoms with Gasteiger partial charge in [0.25, 0.3) is 0 Å². The molecule has 231 valence electrons. The van der Waals surface area contributed by atoms with Crippen LogP contribution in [0.4, 0.5) is 17.1 Å². The van der Waals surface area contributed by atoms with Crippen LogP contribution in [0.15, 0.2) is 137 Å². The van der Waals surface area contributed by atoms with Gasteiger partial charge in [0.2, 0.25) is 0 Å². The number of anilines is 3. The van der Waals surface area contributed by atoms with Crippen molar-refractivity contribution in [1.82, 2.24) is 4.98 Å². The number of fused-ring (bicyclic) bond motifs is 7. The van der Waals surface area contributed by atoms with Crippen molar-refractivity contribution in [3.05, 3.63) is 133 Å². The third-order valence-corrected chi connectivity index (χ3v) is 9.13. The Morgan fingerprint density at radius 3 is 2.04 bits per heavy atom. The smallest absolute Gasteiger partial charge is 0.155 e. The maximum absolute atomic E-state index is 10.0. The zero-order valence-corrected chi connectivity index (χ0v) is 28.7. The Hall–Kier alpha value is -4.94. The minimum Gasteiger partial charge on any atom is -0.512 e. The quantitative estimate of drug-likeness (QED) is 0.107. The Morgan fingerprint density at radius 1 is 0.766 bits per heavy atom. The standard InChI is InChI=1S/C35H19N2OS.C5H8O2.Ir/c1-3-10-24-17-31-29(15-22(24)8-1)37-30-16-23-9-2-4-11-25(23)19-33(30)39-34-20-26(18-32(38-31)35(34)37)28-14-13-21-7-5-6-12-27(21)36-28;1-4(6)3-5(2)7;/h1-17,19-20H;3,6H,1-2H3;/q-1;;/b;4-3-;. The Labute approximate surface area is 289 Å². The van der Waals surface area contributed by atoms with Gasteiger partial charge in [-0.25, -0.2) is 0 Å². The van der Waals surface area contributed by atoms with Crippen LogP contribution in [0.1, 0.15) is 13.8 Å². The first-order valence-corrected chi connectivity index (χ1v) is 15.8. The van der Waals surface area contributed by atoms with Crippen molar-refractivity contribution in [2.24, 2.45) is 0 Å². The number of rotatable bonds is 2. The summed E-state index contributed by atoms with van der Waals surface area (Å²) in [6.45, 7) is 2.85. The normalized spacial score (nSPS) is 12.6. The number of hydrogen-bond acceptors (Lipinski definition) is 6. The molecule has 9 rings (SSSR count). The summed E-state index contributed by atoms with van der Waals surface area (Å²) in [4.78, 5) is 19.7. The first kappa shape index (κ1) is 30.7. The molecule has 0 aliphatic carbocycles. The van der Waals surface area contributed by atoms with Crippen LogP contribution >= 0.6 is 11.8 Å². The molecule has 6 aromatic carbocycles. The number of para-hydroxylation sites is 1. The molecule has 5 nitrogen and oxygen atoms in total. The van der Waals surface area contributed by atoms with Crippen molar-refractivity contribution in [3.63, 3.8) is 0 Å². The minimum atomic E-state index is -0.125. The Morgan fingerprint density at radius 2 is 1.38 bits per heavy atom. The van der Waals surface area contributed by atoms with Crippen LogP contribution in [-0.2, 0) is 24.9 Å². The molecule has 47 heavy (non-hydrogen) atoms. The van der Waals surface area contributed by atoms with Crippen LogP contribution < -0.4 is 9.64 Å². The van der Waals surface area contributed by atoms with Crippen LogP contribution in [-0.4, -0.2) is 15.9 Å². The van der Waals surface area contributed by atoms with E-state index >= 15 is 0 Å². The van der Waals surface area contributed by atoms with Gasteiger partial charge >= 0.3 is 0 Å². The molecular formula is C40H27IrN2O3S-. The third-order valence-electron chi connectivity index (χ3n) is 8.05. The topological polar surface area (TPSA) is 62.7 Å². The van der Waals surface area contributed by atoms with E-state index in [-0.39, 0.29) is 31.6 Å². The van der Waals surface area contributed by atoms with Gasteiger partial charge in [0.15, 0.2) is 5.78 Å². The Bertz CT molecular complexity index is 2290. The molecule has 2 aliphatic heterocycles.